The number of amides is 1. The van der Waals surface area contributed by atoms with Crippen molar-refractivity contribution >= 4 is 11.6 Å². The molecule has 2 atom stereocenters. The minimum atomic E-state index is -0.0932. The van der Waals surface area contributed by atoms with Crippen molar-refractivity contribution in [3.8, 4) is 0 Å². The summed E-state index contributed by atoms with van der Waals surface area (Å²) in [6.45, 7) is 1.74. The van der Waals surface area contributed by atoms with Crippen LogP contribution in [-0.2, 0) is 17.8 Å². The summed E-state index contributed by atoms with van der Waals surface area (Å²) in [5, 5.41) is 3.08. The molecule has 5 heteroatoms. The van der Waals surface area contributed by atoms with Crippen LogP contribution in [0, 0.1) is 5.92 Å². The van der Waals surface area contributed by atoms with E-state index in [0.29, 0.717) is 12.6 Å². The number of rotatable bonds is 4. The number of carbonyl (C=O) groups excluding carboxylic acids is 1. The summed E-state index contributed by atoms with van der Waals surface area (Å²) in [5.74, 6) is 0.883. The molecule has 1 amide bonds. The molecule has 2 heterocycles. The highest BCUT2D eigenvalue weighted by Gasteiger charge is 2.38. The fourth-order valence-electron chi connectivity index (χ4n) is 3.82. The van der Waals surface area contributed by atoms with Crippen LogP contribution in [0.1, 0.15) is 36.8 Å². The molecule has 1 aliphatic carbocycles. The van der Waals surface area contributed by atoms with Crippen molar-refractivity contribution < 1.29 is 4.79 Å². The first-order valence-corrected chi connectivity index (χ1v) is 8.82. The van der Waals surface area contributed by atoms with E-state index in [4.69, 9.17) is 0 Å². The van der Waals surface area contributed by atoms with Gasteiger partial charge in [-0.1, -0.05) is 12.1 Å². The maximum Gasteiger partial charge on any atom is 0.238 e. The van der Waals surface area contributed by atoms with E-state index in [9.17, 15) is 4.79 Å². The maximum atomic E-state index is 12.3. The lowest BCUT2D eigenvalue weighted by atomic mass is 9.99. The number of fused-ring (bicyclic) bond motifs is 1. The maximum absolute atomic E-state index is 12.3. The van der Waals surface area contributed by atoms with Gasteiger partial charge in [-0.2, -0.15) is 0 Å². The third-order valence-electron chi connectivity index (χ3n) is 5.40. The lowest BCUT2D eigenvalue weighted by Gasteiger charge is -2.27. The Kier molecular flexibility index (Phi) is 3.99. The minimum absolute atomic E-state index is 0.0932. The quantitative estimate of drug-likeness (QED) is 0.785. The average Bonchev–Trinajstić information content (AvgIpc) is 3.30. The van der Waals surface area contributed by atoms with E-state index in [1.54, 1.807) is 0 Å². The molecule has 5 nitrogen and oxygen atoms in total. The average molecular weight is 314 g/mol. The number of aryl methyl sites for hydroxylation is 1. The highest BCUT2D eigenvalue weighted by atomic mass is 16.2. The van der Waals surface area contributed by atoms with Crippen LogP contribution >= 0.6 is 0 Å². The number of carbonyl (C=O) groups is 1. The van der Waals surface area contributed by atoms with Gasteiger partial charge in [0, 0.05) is 31.9 Å². The van der Waals surface area contributed by atoms with Gasteiger partial charge in [0.25, 0.3) is 0 Å². The first kappa shape index (κ1) is 15.0. The van der Waals surface area contributed by atoms with Crippen molar-refractivity contribution in [1.29, 1.82) is 0 Å². The van der Waals surface area contributed by atoms with Gasteiger partial charge in [-0.3, -0.25) is 10.2 Å². The standard InChI is InChI=1S/C18H26N4O/c1-22-8-2-3-14-9-12(4-7-17(14)22)11-19-18(23)16-10-15(20-21-16)13-5-6-13/h4,7,9,13,15-16,20-21H,2-3,5-6,8,10-11H2,1H3,(H,19,23). The molecule has 1 saturated carbocycles. The normalized spacial score (nSPS) is 26.9. The van der Waals surface area contributed by atoms with Crippen LogP contribution in [0.15, 0.2) is 18.2 Å². The van der Waals surface area contributed by atoms with Gasteiger partial charge in [-0.05, 0) is 55.2 Å². The van der Waals surface area contributed by atoms with E-state index in [-0.39, 0.29) is 11.9 Å². The predicted octanol–water partition coefficient (Wildman–Crippen LogP) is 1.33. The molecule has 23 heavy (non-hydrogen) atoms. The van der Waals surface area contributed by atoms with Crippen molar-refractivity contribution in [2.24, 2.45) is 5.92 Å². The molecule has 3 aliphatic rings. The highest BCUT2D eigenvalue weighted by Crippen LogP contribution is 2.35. The number of hydrogen-bond acceptors (Lipinski definition) is 4. The lowest BCUT2D eigenvalue weighted by Crippen LogP contribution is -2.43. The van der Waals surface area contributed by atoms with E-state index in [0.717, 1.165) is 25.3 Å². The Hall–Kier alpha value is -1.59. The van der Waals surface area contributed by atoms with Gasteiger partial charge in [0.05, 0.1) is 0 Å². The minimum Gasteiger partial charge on any atom is -0.374 e. The van der Waals surface area contributed by atoms with E-state index < -0.39 is 0 Å². The molecular weight excluding hydrogens is 288 g/mol. The van der Waals surface area contributed by atoms with Crippen molar-refractivity contribution in [3.63, 3.8) is 0 Å². The zero-order valence-corrected chi connectivity index (χ0v) is 13.8. The molecule has 0 bridgehead atoms. The van der Waals surface area contributed by atoms with Gasteiger partial charge < -0.3 is 10.2 Å². The molecule has 2 fully saturated rings. The predicted molar refractivity (Wildman–Crippen MR) is 91.1 cm³/mol. The number of hydrogen-bond donors (Lipinski definition) is 3. The van der Waals surface area contributed by atoms with E-state index in [1.165, 1.54) is 36.1 Å². The molecule has 1 saturated heterocycles. The van der Waals surface area contributed by atoms with Gasteiger partial charge in [0.1, 0.15) is 6.04 Å². The van der Waals surface area contributed by atoms with Crippen LogP contribution < -0.4 is 21.1 Å². The van der Waals surface area contributed by atoms with Gasteiger partial charge in [-0.15, -0.1) is 0 Å². The molecule has 0 aromatic heterocycles. The highest BCUT2D eigenvalue weighted by molar-refractivity contribution is 5.82. The number of nitrogens with zero attached hydrogens (tertiary/aromatic N) is 1. The summed E-state index contributed by atoms with van der Waals surface area (Å²) in [7, 11) is 2.15. The molecule has 2 aliphatic heterocycles. The third-order valence-corrected chi connectivity index (χ3v) is 5.40. The van der Waals surface area contributed by atoms with Crippen LogP contribution in [-0.4, -0.2) is 31.6 Å². The zero-order valence-electron chi connectivity index (χ0n) is 13.8. The van der Waals surface area contributed by atoms with Crippen LogP contribution in [0.5, 0.6) is 0 Å². The van der Waals surface area contributed by atoms with E-state index in [2.05, 4.69) is 46.3 Å². The van der Waals surface area contributed by atoms with Crippen LogP contribution in [0.4, 0.5) is 5.69 Å². The molecule has 2 unspecified atom stereocenters. The van der Waals surface area contributed by atoms with Crippen molar-refractivity contribution in [1.82, 2.24) is 16.2 Å². The second-order valence-corrected chi connectivity index (χ2v) is 7.23. The largest absolute Gasteiger partial charge is 0.374 e. The summed E-state index contributed by atoms with van der Waals surface area (Å²) < 4.78 is 0. The Labute approximate surface area is 137 Å². The number of benzene rings is 1. The summed E-state index contributed by atoms with van der Waals surface area (Å²) in [5.41, 5.74) is 10.4. The molecule has 124 valence electrons. The molecule has 0 radical (unpaired) electrons. The van der Waals surface area contributed by atoms with Gasteiger partial charge in [0.15, 0.2) is 0 Å². The number of anilines is 1. The molecule has 0 spiro atoms. The fourth-order valence-corrected chi connectivity index (χ4v) is 3.82. The first-order chi connectivity index (χ1) is 11.2. The van der Waals surface area contributed by atoms with Crippen molar-refractivity contribution in [3.05, 3.63) is 29.3 Å². The summed E-state index contributed by atoms with van der Waals surface area (Å²) in [6, 6.07) is 6.95. The Balaban J connectivity index is 1.33. The Morgan fingerprint density at radius 1 is 1.35 bits per heavy atom. The summed E-state index contributed by atoms with van der Waals surface area (Å²) in [4.78, 5) is 14.6. The van der Waals surface area contributed by atoms with E-state index in [1.807, 2.05) is 0 Å². The third kappa shape index (κ3) is 3.21. The van der Waals surface area contributed by atoms with Crippen molar-refractivity contribution in [2.45, 2.75) is 50.7 Å². The van der Waals surface area contributed by atoms with Crippen LogP contribution in [0.2, 0.25) is 0 Å². The molecular formula is C18H26N4O. The van der Waals surface area contributed by atoms with Gasteiger partial charge in [-0.25, -0.2) is 5.43 Å². The second kappa shape index (κ2) is 6.13. The SMILES string of the molecule is CN1CCCc2cc(CNC(=O)C3CC(C4CC4)NN3)ccc21. The number of nitrogens with one attached hydrogen (secondary N) is 3. The summed E-state index contributed by atoms with van der Waals surface area (Å²) >= 11 is 0. The second-order valence-electron chi connectivity index (χ2n) is 7.23. The van der Waals surface area contributed by atoms with E-state index >= 15 is 0 Å². The summed E-state index contributed by atoms with van der Waals surface area (Å²) in [6.07, 6.45) is 5.86. The molecule has 1 aromatic carbocycles. The van der Waals surface area contributed by atoms with Crippen LogP contribution in [0.25, 0.3) is 0 Å². The van der Waals surface area contributed by atoms with Crippen LogP contribution in [0.3, 0.4) is 0 Å². The lowest BCUT2D eigenvalue weighted by molar-refractivity contribution is -0.123. The Morgan fingerprint density at radius 2 is 2.22 bits per heavy atom. The molecule has 4 rings (SSSR count). The molecule has 1 aromatic rings. The first-order valence-electron chi connectivity index (χ1n) is 8.82. The number of hydrazine groups is 1. The smallest absolute Gasteiger partial charge is 0.238 e. The monoisotopic (exact) mass is 314 g/mol. The van der Waals surface area contributed by atoms with Gasteiger partial charge >= 0.3 is 0 Å². The topological polar surface area (TPSA) is 56.4 Å². The Morgan fingerprint density at radius 3 is 3.04 bits per heavy atom. The van der Waals surface area contributed by atoms with Gasteiger partial charge in [0.2, 0.25) is 5.91 Å². The Bertz CT molecular complexity index is 599. The molecule has 3 N–H and O–H groups in total. The fraction of sp³-hybridized carbons (Fsp3) is 0.611. The zero-order chi connectivity index (χ0) is 15.8. The van der Waals surface area contributed by atoms with Crippen molar-refractivity contribution in [2.75, 3.05) is 18.5 Å².